The van der Waals surface area contributed by atoms with E-state index < -0.39 is 5.41 Å². The van der Waals surface area contributed by atoms with E-state index in [4.69, 9.17) is 0 Å². The summed E-state index contributed by atoms with van der Waals surface area (Å²) in [7, 11) is 0. The predicted molar refractivity (Wildman–Crippen MR) is 245 cm³/mol. The van der Waals surface area contributed by atoms with Gasteiger partial charge in [0.05, 0.1) is 11.1 Å². The molecule has 0 aliphatic heterocycles. The van der Waals surface area contributed by atoms with Crippen LogP contribution in [0.5, 0.6) is 0 Å². The lowest BCUT2D eigenvalue weighted by Crippen LogP contribution is -2.29. The summed E-state index contributed by atoms with van der Waals surface area (Å²) in [5, 5.41) is 4.93. The Morgan fingerprint density at radius 3 is 1.76 bits per heavy atom. The fourth-order valence-electron chi connectivity index (χ4n) is 10.5. The molecule has 58 heavy (non-hydrogen) atoms. The molecule has 0 aromatic heterocycles. The van der Waals surface area contributed by atoms with Crippen molar-refractivity contribution in [3.63, 3.8) is 0 Å². The topological polar surface area (TPSA) is 3.24 Å². The SMILES string of the molecule is c1ccc(-c2c(N(c3ccc4c(c3)C(c3ccccc3)(c3ccccc3)c3cccc(C5CCCCC5)c3-4)c3ccc4ccccc4c3)ccc3ccccc23)cc1. The van der Waals surface area contributed by atoms with Crippen molar-refractivity contribution in [1.29, 1.82) is 0 Å². The van der Waals surface area contributed by atoms with Crippen LogP contribution < -0.4 is 4.90 Å². The summed E-state index contributed by atoms with van der Waals surface area (Å²) in [5.74, 6) is 0.568. The fraction of sp³-hybridized carbons (Fsp3) is 0.123. The third-order valence-electron chi connectivity index (χ3n) is 13.1. The molecule has 0 spiro atoms. The number of nitrogens with zero attached hydrogens (tertiary/aromatic N) is 1. The van der Waals surface area contributed by atoms with Crippen LogP contribution in [-0.4, -0.2) is 0 Å². The number of rotatable bonds is 7. The average Bonchev–Trinajstić information content (AvgIpc) is 3.61. The first kappa shape index (κ1) is 34.5. The summed E-state index contributed by atoms with van der Waals surface area (Å²) in [6.07, 6.45) is 6.46. The molecule has 0 atom stereocenters. The molecule has 0 N–H and O–H groups in total. The van der Waals surface area contributed by atoms with Crippen LogP contribution in [0.15, 0.2) is 206 Å². The number of hydrogen-bond donors (Lipinski definition) is 0. The average molecular weight is 744 g/mol. The van der Waals surface area contributed by atoms with Crippen molar-refractivity contribution in [2.75, 3.05) is 4.90 Å². The van der Waals surface area contributed by atoms with Crippen molar-refractivity contribution in [2.45, 2.75) is 43.4 Å². The Kier molecular flexibility index (Phi) is 8.55. The highest BCUT2D eigenvalue weighted by atomic mass is 15.1. The van der Waals surface area contributed by atoms with Gasteiger partial charge in [-0.15, -0.1) is 0 Å². The van der Waals surface area contributed by atoms with Gasteiger partial charge in [-0.1, -0.05) is 195 Å². The predicted octanol–water partition coefficient (Wildman–Crippen LogP) is 15.5. The van der Waals surface area contributed by atoms with Crippen LogP contribution in [0.1, 0.15) is 65.8 Å². The fourth-order valence-corrected chi connectivity index (χ4v) is 10.5. The molecule has 0 heterocycles. The molecule has 1 heteroatoms. The lowest BCUT2D eigenvalue weighted by atomic mass is 9.67. The molecule has 0 radical (unpaired) electrons. The summed E-state index contributed by atoms with van der Waals surface area (Å²) in [6, 6.07) is 77.3. The molecule has 2 aliphatic rings. The molecular formula is C57H45N. The molecule has 0 amide bonds. The minimum atomic E-state index is -0.505. The Hall–Kier alpha value is -6.70. The van der Waals surface area contributed by atoms with Gasteiger partial charge in [0.1, 0.15) is 0 Å². The van der Waals surface area contributed by atoms with Crippen molar-refractivity contribution in [3.05, 3.63) is 234 Å². The first-order valence-corrected chi connectivity index (χ1v) is 21.0. The van der Waals surface area contributed by atoms with Gasteiger partial charge in [-0.2, -0.15) is 0 Å². The minimum absolute atomic E-state index is 0.505. The smallest absolute Gasteiger partial charge is 0.0714 e. The van der Waals surface area contributed by atoms with Crippen LogP contribution in [-0.2, 0) is 5.41 Å². The van der Waals surface area contributed by atoms with E-state index in [2.05, 4.69) is 211 Å². The third-order valence-corrected chi connectivity index (χ3v) is 13.1. The molecular weight excluding hydrogens is 699 g/mol. The highest BCUT2D eigenvalue weighted by molar-refractivity contribution is 6.06. The van der Waals surface area contributed by atoms with E-state index in [0.717, 1.165) is 17.1 Å². The maximum Gasteiger partial charge on any atom is 0.0714 e. The monoisotopic (exact) mass is 743 g/mol. The van der Waals surface area contributed by atoms with Gasteiger partial charge in [0.25, 0.3) is 0 Å². The van der Waals surface area contributed by atoms with Gasteiger partial charge < -0.3 is 4.90 Å². The highest BCUT2D eigenvalue weighted by Crippen LogP contribution is 2.59. The van der Waals surface area contributed by atoms with Gasteiger partial charge in [-0.3, -0.25) is 0 Å². The number of anilines is 3. The third kappa shape index (κ3) is 5.52. The normalized spacial score (nSPS) is 14.6. The van der Waals surface area contributed by atoms with Gasteiger partial charge in [0, 0.05) is 16.9 Å². The summed E-state index contributed by atoms with van der Waals surface area (Å²) in [4.78, 5) is 2.52. The summed E-state index contributed by atoms with van der Waals surface area (Å²) in [5.41, 5.74) is 15.0. The largest absolute Gasteiger partial charge is 0.310 e. The van der Waals surface area contributed by atoms with Gasteiger partial charge in [0.2, 0.25) is 0 Å². The number of fused-ring (bicyclic) bond motifs is 5. The van der Waals surface area contributed by atoms with Crippen LogP contribution in [0.3, 0.4) is 0 Å². The van der Waals surface area contributed by atoms with E-state index in [9.17, 15) is 0 Å². The van der Waals surface area contributed by atoms with E-state index >= 15 is 0 Å². The molecule has 1 nitrogen and oxygen atoms in total. The van der Waals surface area contributed by atoms with Crippen LogP contribution in [0, 0.1) is 0 Å². The Balaban J connectivity index is 1.24. The van der Waals surface area contributed by atoms with Crippen LogP contribution in [0.25, 0.3) is 43.8 Å². The molecule has 1 fully saturated rings. The van der Waals surface area contributed by atoms with E-state index in [0.29, 0.717) is 5.92 Å². The Morgan fingerprint density at radius 2 is 1.02 bits per heavy atom. The second-order valence-electron chi connectivity index (χ2n) is 16.2. The van der Waals surface area contributed by atoms with Gasteiger partial charge in [-0.05, 0) is 115 Å². The van der Waals surface area contributed by atoms with Crippen LogP contribution in [0.4, 0.5) is 17.1 Å². The molecule has 0 bridgehead atoms. The maximum atomic E-state index is 2.54. The molecule has 278 valence electrons. The van der Waals surface area contributed by atoms with E-state index in [1.165, 1.54) is 104 Å². The van der Waals surface area contributed by atoms with Crippen molar-refractivity contribution in [2.24, 2.45) is 0 Å². The highest BCUT2D eigenvalue weighted by Gasteiger charge is 2.47. The Labute approximate surface area is 341 Å². The first-order chi connectivity index (χ1) is 28.8. The lowest BCUT2D eigenvalue weighted by Gasteiger charge is -2.35. The van der Waals surface area contributed by atoms with E-state index in [-0.39, 0.29) is 0 Å². The molecule has 9 aromatic rings. The quantitative estimate of drug-likeness (QED) is 0.157. The molecule has 11 rings (SSSR count). The molecule has 0 unspecified atom stereocenters. The Morgan fingerprint density at radius 1 is 0.414 bits per heavy atom. The minimum Gasteiger partial charge on any atom is -0.310 e. The van der Waals surface area contributed by atoms with Crippen molar-refractivity contribution in [3.8, 4) is 22.3 Å². The molecule has 1 saturated carbocycles. The summed E-state index contributed by atoms with van der Waals surface area (Å²) >= 11 is 0. The summed E-state index contributed by atoms with van der Waals surface area (Å²) in [6.45, 7) is 0. The van der Waals surface area contributed by atoms with Gasteiger partial charge in [0.15, 0.2) is 0 Å². The zero-order valence-corrected chi connectivity index (χ0v) is 32.7. The van der Waals surface area contributed by atoms with E-state index in [1.54, 1.807) is 0 Å². The zero-order valence-electron chi connectivity index (χ0n) is 32.7. The Bertz CT molecular complexity index is 2880. The molecule has 2 aliphatic carbocycles. The second kappa shape index (κ2) is 14.4. The lowest BCUT2D eigenvalue weighted by molar-refractivity contribution is 0.444. The molecule has 0 saturated heterocycles. The van der Waals surface area contributed by atoms with Crippen LogP contribution in [0.2, 0.25) is 0 Å². The van der Waals surface area contributed by atoms with Gasteiger partial charge in [-0.25, -0.2) is 0 Å². The zero-order chi connectivity index (χ0) is 38.5. The first-order valence-electron chi connectivity index (χ1n) is 21.0. The number of hydrogen-bond acceptors (Lipinski definition) is 1. The second-order valence-corrected chi connectivity index (χ2v) is 16.2. The van der Waals surface area contributed by atoms with Gasteiger partial charge >= 0.3 is 0 Å². The maximum absolute atomic E-state index is 2.54. The molecule has 9 aromatic carbocycles. The number of benzene rings is 9. The van der Waals surface area contributed by atoms with Crippen molar-refractivity contribution in [1.82, 2.24) is 0 Å². The van der Waals surface area contributed by atoms with Crippen LogP contribution >= 0.6 is 0 Å². The van der Waals surface area contributed by atoms with E-state index in [1.807, 2.05) is 0 Å². The van der Waals surface area contributed by atoms with Crippen molar-refractivity contribution < 1.29 is 0 Å². The summed E-state index contributed by atoms with van der Waals surface area (Å²) < 4.78 is 0. The standard InChI is InChI=1S/C57H45N/c1-5-19-41(20-6-1)50-30-17-31-52-56(50)51-36-35-48(39-53(51)57(52,45-25-9-3-10-26-45)46-27-11-4-12-28-46)58(47-34-32-40-18-13-14-24-44(40)38-47)54-37-33-42-21-15-16-29-49(42)55(54)43-22-7-2-8-23-43/h2-4,7-18,21-39,41H,1,5-6,19-20H2. The van der Waals surface area contributed by atoms with Crippen molar-refractivity contribution >= 4 is 38.6 Å².